The van der Waals surface area contributed by atoms with Gasteiger partial charge in [-0.1, -0.05) is 163 Å². The highest BCUT2D eigenvalue weighted by Gasteiger charge is 2.15. The van der Waals surface area contributed by atoms with Crippen LogP contribution < -0.4 is 0 Å². The van der Waals surface area contributed by atoms with Gasteiger partial charge in [0.25, 0.3) is 0 Å². The van der Waals surface area contributed by atoms with Gasteiger partial charge in [-0.2, -0.15) is 0 Å². The van der Waals surface area contributed by atoms with Crippen LogP contribution in [-0.4, -0.2) is 58.2 Å². The van der Waals surface area contributed by atoms with E-state index in [0.29, 0.717) is 12.8 Å². The van der Waals surface area contributed by atoms with Gasteiger partial charge in [-0.25, -0.2) is 4.98 Å². The number of carbonyl (C=O) groups excluding carboxylic acids is 2. The third kappa shape index (κ3) is 32.9. The van der Waals surface area contributed by atoms with Crippen molar-refractivity contribution in [2.24, 2.45) is 0 Å². The van der Waals surface area contributed by atoms with Crippen molar-refractivity contribution in [2.45, 2.75) is 278 Å². The smallest absolute Gasteiger partial charge is 0.306 e. The molecule has 0 aliphatic carbocycles. The van der Waals surface area contributed by atoms with Crippen LogP contribution in [0.15, 0.2) is 12.4 Å². The van der Waals surface area contributed by atoms with Gasteiger partial charge in [0.05, 0.1) is 0 Å². The van der Waals surface area contributed by atoms with Gasteiger partial charge in [0.1, 0.15) is 18.0 Å². The summed E-state index contributed by atoms with van der Waals surface area (Å²) in [7, 11) is 0. The van der Waals surface area contributed by atoms with Gasteiger partial charge < -0.3 is 18.9 Å². The molecule has 1 atom stereocenters. The fraction of sp³-hybridized carbons (Fsp3) is 0.902. The zero-order chi connectivity index (χ0) is 42.2. The molecule has 340 valence electrons. The Morgan fingerprint density at radius 1 is 0.517 bits per heavy atom. The molecule has 0 radical (unpaired) electrons. The first-order valence-electron chi connectivity index (χ1n) is 25.5. The number of unbranched alkanes of at least 4 members (excludes halogenated alkanes) is 23. The van der Waals surface area contributed by atoms with E-state index < -0.39 is 0 Å². The highest BCUT2D eigenvalue weighted by Crippen LogP contribution is 2.19. The third-order valence-corrected chi connectivity index (χ3v) is 12.2. The predicted molar refractivity (Wildman–Crippen MR) is 247 cm³/mol. The molecule has 0 bridgehead atoms. The van der Waals surface area contributed by atoms with E-state index in [1.807, 2.05) is 6.20 Å². The van der Waals surface area contributed by atoms with E-state index in [-0.39, 0.29) is 24.1 Å². The molecule has 0 fully saturated rings. The number of aryl methyl sites for hydroxylation is 2. The van der Waals surface area contributed by atoms with Gasteiger partial charge in [0.15, 0.2) is 0 Å². The van der Waals surface area contributed by atoms with Crippen molar-refractivity contribution >= 4 is 11.9 Å². The summed E-state index contributed by atoms with van der Waals surface area (Å²) in [6.07, 6.45) is 45.0. The number of hydrogen-bond donors (Lipinski definition) is 0. The molecule has 0 N–H and O–H groups in total. The first kappa shape index (κ1) is 54.1. The molecular weight excluding hydrogens is 719 g/mol. The minimum Gasteiger partial charge on any atom is -0.462 e. The summed E-state index contributed by atoms with van der Waals surface area (Å²) in [6, 6.07) is 0. The Hall–Kier alpha value is -1.89. The molecule has 1 heterocycles. The second-order valence-electron chi connectivity index (χ2n) is 17.7. The lowest BCUT2D eigenvalue weighted by Gasteiger charge is -2.22. The minimum atomic E-state index is 0.00307. The maximum absolute atomic E-state index is 12.9. The molecule has 58 heavy (non-hydrogen) atoms. The molecule has 0 aromatic carbocycles. The lowest BCUT2D eigenvalue weighted by Crippen LogP contribution is -2.28. The maximum atomic E-state index is 12.9. The van der Waals surface area contributed by atoms with Crippen molar-refractivity contribution in [1.29, 1.82) is 0 Å². The lowest BCUT2D eigenvalue weighted by molar-refractivity contribution is -0.150. The number of ether oxygens (including phenoxy) is 2. The van der Waals surface area contributed by atoms with E-state index in [4.69, 9.17) is 9.47 Å². The summed E-state index contributed by atoms with van der Waals surface area (Å²) in [5, 5.41) is 0. The average molecular weight is 816 g/mol. The molecule has 0 amide bonds. The van der Waals surface area contributed by atoms with Gasteiger partial charge in [0, 0.05) is 31.8 Å². The number of esters is 2. The van der Waals surface area contributed by atoms with Crippen LogP contribution >= 0.6 is 0 Å². The summed E-state index contributed by atoms with van der Waals surface area (Å²) >= 11 is 0. The van der Waals surface area contributed by atoms with E-state index in [2.05, 4.69) is 55.3 Å². The maximum Gasteiger partial charge on any atom is 0.306 e. The molecule has 1 rings (SSSR count). The summed E-state index contributed by atoms with van der Waals surface area (Å²) in [5.41, 5.74) is 0. The van der Waals surface area contributed by atoms with Crippen LogP contribution in [0.25, 0.3) is 0 Å². The van der Waals surface area contributed by atoms with E-state index in [9.17, 15) is 9.59 Å². The van der Waals surface area contributed by atoms with Gasteiger partial charge in [-0.3, -0.25) is 9.59 Å². The fourth-order valence-corrected chi connectivity index (χ4v) is 8.27. The van der Waals surface area contributed by atoms with Crippen molar-refractivity contribution in [1.82, 2.24) is 14.5 Å². The van der Waals surface area contributed by atoms with Crippen LogP contribution in [0, 0.1) is 6.92 Å². The molecule has 0 aliphatic heterocycles. The Labute approximate surface area is 360 Å². The topological polar surface area (TPSA) is 73.7 Å². The molecule has 1 aromatic heterocycles. The normalized spacial score (nSPS) is 12.2. The first-order chi connectivity index (χ1) is 28.4. The largest absolute Gasteiger partial charge is 0.462 e. The Balaban J connectivity index is 2.33. The number of aromatic nitrogens is 2. The number of hydrogen-bond acceptors (Lipinski definition) is 6. The summed E-state index contributed by atoms with van der Waals surface area (Å²) in [5.74, 6) is 1.13. The molecular formula is C51H97N3O4. The van der Waals surface area contributed by atoms with E-state index in [0.717, 1.165) is 89.8 Å². The summed E-state index contributed by atoms with van der Waals surface area (Å²) < 4.78 is 14.2. The number of imidazole rings is 1. The summed E-state index contributed by atoms with van der Waals surface area (Å²) in [6.45, 7) is 15.4. The second-order valence-corrected chi connectivity index (χ2v) is 17.7. The minimum absolute atomic E-state index is 0.00307. The van der Waals surface area contributed by atoms with Gasteiger partial charge in [-0.05, 0) is 104 Å². The van der Waals surface area contributed by atoms with E-state index in [1.54, 1.807) is 0 Å². The molecule has 7 nitrogen and oxygen atoms in total. The second kappa shape index (κ2) is 40.5. The van der Waals surface area contributed by atoms with Crippen LogP contribution in [0.3, 0.4) is 0 Å². The monoisotopic (exact) mass is 816 g/mol. The molecule has 0 saturated heterocycles. The molecule has 1 unspecified atom stereocenters. The van der Waals surface area contributed by atoms with Crippen LogP contribution in [0.1, 0.15) is 258 Å². The fourth-order valence-electron chi connectivity index (χ4n) is 8.27. The van der Waals surface area contributed by atoms with Gasteiger partial charge in [-0.15, -0.1) is 0 Å². The zero-order valence-electron chi connectivity index (χ0n) is 39.4. The highest BCUT2D eigenvalue weighted by molar-refractivity contribution is 5.69. The van der Waals surface area contributed by atoms with E-state index >= 15 is 0 Å². The van der Waals surface area contributed by atoms with Crippen LogP contribution in [0.5, 0.6) is 0 Å². The summed E-state index contributed by atoms with van der Waals surface area (Å²) in [4.78, 5) is 32.4. The molecule has 0 saturated carbocycles. The van der Waals surface area contributed by atoms with Crippen molar-refractivity contribution < 1.29 is 19.1 Å². The van der Waals surface area contributed by atoms with Crippen molar-refractivity contribution in [3.63, 3.8) is 0 Å². The van der Waals surface area contributed by atoms with Gasteiger partial charge in [0.2, 0.25) is 0 Å². The van der Waals surface area contributed by atoms with Crippen LogP contribution in [0.2, 0.25) is 0 Å². The third-order valence-electron chi connectivity index (χ3n) is 12.2. The molecule has 1 aromatic rings. The number of rotatable bonds is 44. The predicted octanol–water partition coefficient (Wildman–Crippen LogP) is 15.1. The SMILES string of the molecule is CCCCCCCCC(CC)OC(=O)CCCCCCCN(CCCCCCCC(=O)OC(CCCCCCCC)CCCCCCCC)CCCn1ccnc1C. The highest BCUT2D eigenvalue weighted by atomic mass is 16.5. The average Bonchev–Trinajstić information content (AvgIpc) is 3.63. The van der Waals surface area contributed by atoms with Crippen molar-refractivity contribution in [3.8, 4) is 0 Å². The van der Waals surface area contributed by atoms with Crippen molar-refractivity contribution in [2.75, 3.05) is 19.6 Å². The Morgan fingerprint density at radius 2 is 0.897 bits per heavy atom. The van der Waals surface area contributed by atoms with Gasteiger partial charge >= 0.3 is 11.9 Å². The number of carbonyl (C=O) groups is 2. The standard InChI is InChI=1S/C51H97N3O4/c1-6-10-13-16-21-28-36-48(9-4)57-50(55)39-31-24-19-26-33-42-53(44-35-45-54-46-41-52-47(54)5)43-34-27-20-25-32-40-51(56)58-49(37-29-22-17-14-11-7-2)38-30-23-18-15-12-8-3/h41,46,48-49H,6-40,42-45H2,1-5H3. The zero-order valence-corrected chi connectivity index (χ0v) is 39.4. The first-order valence-corrected chi connectivity index (χ1v) is 25.5. The van der Waals surface area contributed by atoms with Crippen LogP contribution in [-0.2, 0) is 25.6 Å². The quantitative estimate of drug-likeness (QED) is 0.0482. The van der Waals surface area contributed by atoms with Crippen LogP contribution in [0.4, 0.5) is 0 Å². The lowest BCUT2D eigenvalue weighted by atomic mass is 10.0. The molecule has 0 aliphatic rings. The van der Waals surface area contributed by atoms with Crippen molar-refractivity contribution in [3.05, 3.63) is 18.2 Å². The Morgan fingerprint density at radius 3 is 1.33 bits per heavy atom. The van der Waals surface area contributed by atoms with E-state index in [1.165, 1.54) is 154 Å². The Kier molecular flexibility index (Phi) is 37.8. The Bertz CT molecular complexity index is 1030. The molecule has 7 heteroatoms. The molecule has 0 spiro atoms. The number of nitrogens with zero attached hydrogens (tertiary/aromatic N) is 3.